The lowest BCUT2D eigenvalue weighted by molar-refractivity contribution is 0.585. The van der Waals surface area contributed by atoms with Crippen molar-refractivity contribution in [2.24, 2.45) is 0 Å². The van der Waals surface area contributed by atoms with E-state index in [0.717, 1.165) is 17.4 Å². The monoisotopic (exact) mass is 230 g/mol. The fourth-order valence-electron chi connectivity index (χ4n) is 1.15. The van der Waals surface area contributed by atoms with Gasteiger partial charge in [0.05, 0.1) is 4.70 Å². The van der Waals surface area contributed by atoms with Gasteiger partial charge in [0.2, 0.25) is 0 Å². The second kappa shape index (κ2) is 4.53. The summed E-state index contributed by atoms with van der Waals surface area (Å²) in [7, 11) is 0. The van der Waals surface area contributed by atoms with Gasteiger partial charge in [0.1, 0.15) is 11.3 Å². The normalized spacial score (nSPS) is 9.93. The van der Waals surface area contributed by atoms with Gasteiger partial charge in [-0.1, -0.05) is 25.2 Å². The summed E-state index contributed by atoms with van der Waals surface area (Å²) in [5.74, 6) is -1.22. The molecule has 1 aromatic heterocycles. The maximum absolute atomic E-state index is 13.1. The highest BCUT2D eigenvalue weighted by molar-refractivity contribution is 7.22. The third kappa shape index (κ3) is 2.07. The predicted molar refractivity (Wildman–Crippen MR) is 60.0 cm³/mol. The fraction of sp³-hybridized carbons (Fsp3) is 0.300. The Kier molecular flexibility index (Phi) is 3.57. The van der Waals surface area contributed by atoms with Crippen molar-refractivity contribution in [1.82, 2.24) is 4.98 Å². The summed E-state index contributed by atoms with van der Waals surface area (Å²) < 4.78 is 26.6. The summed E-state index contributed by atoms with van der Waals surface area (Å²) in [6.07, 6.45) is 0. The molecule has 0 unspecified atom stereocenters. The number of anilines is 1. The number of aromatic nitrogens is 1. The topological polar surface area (TPSA) is 38.9 Å². The number of thiazole rings is 1. The number of aryl methyl sites for hydroxylation is 1. The first-order valence-corrected chi connectivity index (χ1v) is 5.42. The zero-order valence-corrected chi connectivity index (χ0v) is 9.58. The second-order valence-corrected chi connectivity index (χ2v) is 3.73. The zero-order chi connectivity index (χ0) is 11.6. The first kappa shape index (κ1) is 11.8. The molecule has 5 heteroatoms. The molecule has 2 rings (SSSR count). The Hall–Kier alpha value is -1.23. The number of hydrogen-bond donors (Lipinski definition) is 1. The Bertz CT molecular complexity index is 480. The van der Waals surface area contributed by atoms with E-state index in [2.05, 4.69) is 4.98 Å². The van der Waals surface area contributed by atoms with Crippen LogP contribution in [0.4, 0.5) is 13.9 Å². The smallest absolute Gasteiger partial charge is 0.181 e. The van der Waals surface area contributed by atoms with E-state index in [1.165, 1.54) is 0 Å². The van der Waals surface area contributed by atoms with Crippen molar-refractivity contribution < 1.29 is 8.78 Å². The standard InChI is InChI=1S/C8H6F2N2S.C2H6/c1-3-4(9)2-5(10)6-7(3)13-8(11)12-6;1-2/h2H,1H3,(H2,11,12);1-2H3. The summed E-state index contributed by atoms with van der Waals surface area (Å²) in [6, 6.07) is 0.830. The average molecular weight is 230 g/mol. The number of fused-ring (bicyclic) bond motifs is 1. The first-order valence-electron chi connectivity index (χ1n) is 4.60. The molecule has 0 aliphatic heterocycles. The molecular formula is C10H12F2N2S. The van der Waals surface area contributed by atoms with E-state index in [9.17, 15) is 8.78 Å². The highest BCUT2D eigenvalue weighted by atomic mass is 32.1. The molecule has 2 nitrogen and oxygen atoms in total. The molecule has 1 heterocycles. The van der Waals surface area contributed by atoms with Crippen molar-refractivity contribution in [3.63, 3.8) is 0 Å². The second-order valence-electron chi connectivity index (χ2n) is 2.70. The van der Waals surface area contributed by atoms with Gasteiger partial charge in [-0.3, -0.25) is 0 Å². The Morgan fingerprint density at radius 1 is 1.27 bits per heavy atom. The molecule has 0 saturated heterocycles. The fourth-order valence-corrected chi connectivity index (χ4v) is 1.99. The molecule has 15 heavy (non-hydrogen) atoms. The van der Waals surface area contributed by atoms with Gasteiger partial charge >= 0.3 is 0 Å². The molecule has 0 saturated carbocycles. The lowest BCUT2D eigenvalue weighted by Gasteiger charge is -1.97. The molecule has 0 bridgehead atoms. The third-order valence-corrected chi connectivity index (χ3v) is 2.83. The molecule has 0 atom stereocenters. The van der Waals surface area contributed by atoms with Crippen molar-refractivity contribution >= 4 is 26.7 Å². The molecule has 0 fully saturated rings. The van der Waals surface area contributed by atoms with E-state index in [-0.39, 0.29) is 10.6 Å². The number of hydrogen-bond acceptors (Lipinski definition) is 3. The number of nitrogens with zero attached hydrogens (tertiary/aromatic N) is 1. The number of nitrogens with two attached hydrogens (primary N) is 1. The minimum absolute atomic E-state index is 0.154. The van der Waals surface area contributed by atoms with Crippen LogP contribution in [0.1, 0.15) is 19.4 Å². The van der Waals surface area contributed by atoms with Gasteiger partial charge in [0, 0.05) is 11.6 Å². The summed E-state index contributed by atoms with van der Waals surface area (Å²) >= 11 is 1.09. The molecule has 0 aliphatic carbocycles. The molecule has 0 spiro atoms. The maximum atomic E-state index is 13.1. The lowest BCUT2D eigenvalue weighted by Crippen LogP contribution is -1.87. The number of nitrogen functional groups attached to an aromatic ring is 1. The Balaban J connectivity index is 0.000000531. The summed E-state index contributed by atoms with van der Waals surface area (Å²) in [6.45, 7) is 5.58. The largest absolute Gasteiger partial charge is 0.375 e. The van der Waals surface area contributed by atoms with Crippen LogP contribution in [0.25, 0.3) is 10.2 Å². The van der Waals surface area contributed by atoms with Crippen LogP contribution in [0.15, 0.2) is 6.07 Å². The van der Waals surface area contributed by atoms with Crippen LogP contribution in [0.3, 0.4) is 0 Å². The number of benzene rings is 1. The van der Waals surface area contributed by atoms with Crippen molar-refractivity contribution in [3.05, 3.63) is 23.3 Å². The van der Waals surface area contributed by atoms with Gasteiger partial charge in [-0.05, 0) is 6.92 Å². The Morgan fingerprint density at radius 2 is 1.87 bits per heavy atom. The third-order valence-electron chi connectivity index (χ3n) is 1.82. The van der Waals surface area contributed by atoms with Crippen LogP contribution in [-0.4, -0.2) is 4.98 Å². The molecule has 0 aliphatic rings. The molecule has 1 aromatic carbocycles. The van der Waals surface area contributed by atoms with E-state index < -0.39 is 11.6 Å². The predicted octanol–water partition coefficient (Wildman–Crippen LogP) is 3.49. The van der Waals surface area contributed by atoms with Gasteiger partial charge in [-0.2, -0.15) is 0 Å². The Labute approximate surface area is 90.7 Å². The molecule has 0 radical (unpaired) electrons. The lowest BCUT2D eigenvalue weighted by atomic mass is 10.2. The van der Waals surface area contributed by atoms with E-state index in [4.69, 9.17) is 5.73 Å². The Morgan fingerprint density at radius 3 is 2.47 bits per heavy atom. The molecule has 0 amide bonds. The SMILES string of the molecule is CC.Cc1c(F)cc(F)c2nc(N)sc12. The molecule has 2 aromatic rings. The quantitative estimate of drug-likeness (QED) is 0.752. The van der Waals surface area contributed by atoms with Crippen LogP contribution in [0.2, 0.25) is 0 Å². The highest BCUT2D eigenvalue weighted by Gasteiger charge is 2.12. The van der Waals surface area contributed by atoms with Gasteiger partial charge in [0.15, 0.2) is 10.9 Å². The van der Waals surface area contributed by atoms with Gasteiger partial charge in [-0.15, -0.1) is 0 Å². The van der Waals surface area contributed by atoms with Crippen LogP contribution in [0.5, 0.6) is 0 Å². The average Bonchev–Trinajstić information content (AvgIpc) is 2.61. The van der Waals surface area contributed by atoms with Crippen molar-refractivity contribution in [3.8, 4) is 0 Å². The molecule has 82 valence electrons. The zero-order valence-electron chi connectivity index (χ0n) is 8.77. The highest BCUT2D eigenvalue weighted by Crippen LogP contribution is 2.30. The van der Waals surface area contributed by atoms with E-state index >= 15 is 0 Å². The maximum Gasteiger partial charge on any atom is 0.181 e. The van der Waals surface area contributed by atoms with Crippen molar-refractivity contribution in [2.45, 2.75) is 20.8 Å². The summed E-state index contributed by atoms with van der Waals surface area (Å²) in [4.78, 5) is 3.77. The summed E-state index contributed by atoms with van der Waals surface area (Å²) in [5, 5.41) is 0.252. The van der Waals surface area contributed by atoms with Gasteiger partial charge in [0.25, 0.3) is 0 Å². The van der Waals surface area contributed by atoms with E-state index in [0.29, 0.717) is 10.3 Å². The first-order chi connectivity index (χ1) is 7.09. The van der Waals surface area contributed by atoms with Crippen molar-refractivity contribution in [1.29, 1.82) is 0 Å². The molecular weight excluding hydrogens is 218 g/mol. The van der Waals surface area contributed by atoms with Crippen LogP contribution in [-0.2, 0) is 0 Å². The van der Waals surface area contributed by atoms with E-state index in [1.807, 2.05) is 13.8 Å². The minimum atomic E-state index is -0.661. The number of rotatable bonds is 0. The van der Waals surface area contributed by atoms with Gasteiger partial charge in [-0.25, -0.2) is 13.8 Å². The van der Waals surface area contributed by atoms with Gasteiger partial charge < -0.3 is 5.73 Å². The summed E-state index contributed by atoms with van der Waals surface area (Å²) in [5.41, 5.74) is 5.94. The van der Waals surface area contributed by atoms with Crippen molar-refractivity contribution in [2.75, 3.05) is 5.73 Å². The van der Waals surface area contributed by atoms with Crippen LogP contribution >= 0.6 is 11.3 Å². The van der Waals surface area contributed by atoms with Crippen LogP contribution in [0, 0.1) is 18.6 Å². The van der Waals surface area contributed by atoms with Crippen LogP contribution < -0.4 is 5.73 Å². The number of halogens is 2. The van der Waals surface area contributed by atoms with E-state index in [1.54, 1.807) is 6.92 Å². The molecule has 2 N–H and O–H groups in total. The minimum Gasteiger partial charge on any atom is -0.375 e.